The number of Topliss-reactive ketones (excluding diaryl/α,β-unsaturated/α-hetero) is 2. The topological polar surface area (TPSA) is 63.2 Å². The second kappa shape index (κ2) is 8.68. The third kappa shape index (κ3) is 4.61. The quantitative estimate of drug-likeness (QED) is 0.753. The van der Waals surface area contributed by atoms with Crippen molar-refractivity contribution in [2.75, 3.05) is 0 Å². The molecule has 1 aliphatic rings. The molecule has 0 saturated heterocycles. The lowest BCUT2D eigenvalue weighted by molar-refractivity contribution is -0.128. The van der Waals surface area contributed by atoms with E-state index in [1.54, 1.807) is 12.1 Å². The van der Waals surface area contributed by atoms with Crippen molar-refractivity contribution in [2.45, 2.75) is 52.5 Å². The highest BCUT2D eigenvalue weighted by molar-refractivity contribution is 6.15. The Morgan fingerprint density at radius 1 is 1.17 bits per heavy atom. The van der Waals surface area contributed by atoms with Gasteiger partial charge < -0.3 is 5.32 Å². The van der Waals surface area contributed by atoms with E-state index in [0.29, 0.717) is 5.56 Å². The lowest BCUT2D eigenvalue weighted by Gasteiger charge is -2.18. The molecule has 29 heavy (non-hydrogen) atoms. The first-order chi connectivity index (χ1) is 13.8. The highest BCUT2D eigenvalue weighted by Crippen LogP contribution is 2.37. The first kappa shape index (κ1) is 20.9. The van der Waals surface area contributed by atoms with Crippen LogP contribution in [0.1, 0.15) is 53.5 Å². The third-order valence-corrected chi connectivity index (χ3v) is 5.55. The molecule has 0 spiro atoms. The minimum Gasteiger partial charge on any atom is -0.352 e. The van der Waals surface area contributed by atoms with Crippen molar-refractivity contribution in [3.63, 3.8) is 0 Å². The number of hydrogen-bond acceptors (Lipinski definition) is 3. The molecule has 1 aliphatic carbocycles. The molecule has 2 aromatic carbocycles. The molecule has 1 N–H and O–H groups in total. The van der Waals surface area contributed by atoms with Crippen LogP contribution in [0.25, 0.3) is 0 Å². The summed E-state index contributed by atoms with van der Waals surface area (Å²) < 4.78 is 13.2. The summed E-state index contributed by atoms with van der Waals surface area (Å²) in [4.78, 5) is 38.0. The summed E-state index contributed by atoms with van der Waals surface area (Å²) in [5.74, 6) is -2.33. The summed E-state index contributed by atoms with van der Waals surface area (Å²) in [6, 6.07) is 10.0. The largest absolute Gasteiger partial charge is 0.352 e. The van der Waals surface area contributed by atoms with Crippen molar-refractivity contribution in [1.29, 1.82) is 0 Å². The number of hydrogen-bond donors (Lipinski definition) is 1. The maximum absolute atomic E-state index is 13.2. The van der Waals surface area contributed by atoms with Crippen LogP contribution in [0.2, 0.25) is 0 Å². The van der Waals surface area contributed by atoms with E-state index < -0.39 is 11.8 Å². The lowest BCUT2D eigenvalue weighted by atomic mass is 9.85. The van der Waals surface area contributed by atoms with Crippen molar-refractivity contribution in [2.24, 2.45) is 5.92 Å². The number of nitrogens with one attached hydrogen (secondary N) is 1. The maximum Gasteiger partial charge on any atom is 0.221 e. The van der Waals surface area contributed by atoms with Gasteiger partial charge in [-0.3, -0.25) is 14.4 Å². The lowest BCUT2D eigenvalue weighted by Crippen LogP contribution is -2.27. The van der Waals surface area contributed by atoms with Gasteiger partial charge in [-0.2, -0.15) is 0 Å². The van der Waals surface area contributed by atoms with Crippen LogP contribution < -0.4 is 5.32 Å². The van der Waals surface area contributed by atoms with Gasteiger partial charge in [-0.1, -0.05) is 36.8 Å². The highest BCUT2D eigenvalue weighted by atomic mass is 19.1. The zero-order chi connectivity index (χ0) is 21.1. The minimum atomic E-state index is -0.772. The van der Waals surface area contributed by atoms with Gasteiger partial charge in [0, 0.05) is 25.3 Å². The van der Waals surface area contributed by atoms with Crippen LogP contribution in [0.3, 0.4) is 0 Å². The van der Waals surface area contributed by atoms with Crippen LogP contribution in [0, 0.1) is 25.6 Å². The second-order valence-corrected chi connectivity index (χ2v) is 7.82. The van der Waals surface area contributed by atoms with E-state index in [4.69, 9.17) is 0 Å². The molecule has 0 bridgehead atoms. The van der Waals surface area contributed by atoms with Gasteiger partial charge >= 0.3 is 0 Å². The van der Waals surface area contributed by atoms with Gasteiger partial charge in [-0.15, -0.1) is 0 Å². The molecule has 0 radical (unpaired) electrons. The summed E-state index contributed by atoms with van der Waals surface area (Å²) >= 11 is 0. The Morgan fingerprint density at radius 2 is 1.93 bits per heavy atom. The second-order valence-electron chi connectivity index (χ2n) is 7.82. The van der Waals surface area contributed by atoms with E-state index in [2.05, 4.69) is 5.32 Å². The fourth-order valence-corrected chi connectivity index (χ4v) is 4.25. The zero-order valence-electron chi connectivity index (χ0n) is 17.0. The Morgan fingerprint density at radius 3 is 2.62 bits per heavy atom. The molecule has 1 amide bonds. The normalized spacial score (nSPS) is 18.9. The first-order valence-corrected chi connectivity index (χ1v) is 9.97. The number of aryl methyl sites for hydroxylation is 3. The van der Waals surface area contributed by atoms with Crippen molar-refractivity contribution >= 4 is 17.5 Å². The van der Waals surface area contributed by atoms with E-state index in [0.717, 1.165) is 28.7 Å². The van der Waals surface area contributed by atoms with Crippen LogP contribution in [0.4, 0.5) is 4.39 Å². The molecule has 2 unspecified atom stereocenters. The van der Waals surface area contributed by atoms with Crippen molar-refractivity contribution in [3.05, 3.63) is 70.0 Å². The van der Waals surface area contributed by atoms with Gasteiger partial charge in [0.15, 0.2) is 5.78 Å². The zero-order valence-corrected chi connectivity index (χ0v) is 17.0. The van der Waals surface area contributed by atoms with Gasteiger partial charge in [0.05, 0.1) is 0 Å². The summed E-state index contributed by atoms with van der Waals surface area (Å²) in [7, 11) is 0. The average Bonchev–Trinajstić information content (AvgIpc) is 2.93. The molecule has 2 aromatic rings. The molecule has 2 atom stereocenters. The Balaban J connectivity index is 1.70. The molecular formula is C24H26FNO3. The minimum absolute atomic E-state index is 0.0250. The smallest absolute Gasteiger partial charge is 0.221 e. The average molecular weight is 395 g/mol. The van der Waals surface area contributed by atoms with E-state index in [9.17, 15) is 18.8 Å². The maximum atomic E-state index is 13.2. The predicted octanol–water partition coefficient (Wildman–Crippen LogP) is 3.95. The Bertz CT molecular complexity index is 967. The van der Waals surface area contributed by atoms with E-state index in [1.165, 1.54) is 12.1 Å². The third-order valence-electron chi connectivity index (χ3n) is 5.55. The molecule has 3 rings (SSSR count). The van der Waals surface area contributed by atoms with Crippen molar-refractivity contribution in [1.82, 2.24) is 5.32 Å². The molecule has 0 aromatic heterocycles. The number of halogens is 1. The number of carbonyl (C=O) groups excluding carboxylic acids is 3. The molecule has 152 valence electrons. The molecule has 5 heteroatoms. The fraction of sp³-hybridized carbons (Fsp3) is 0.375. The molecule has 0 heterocycles. The van der Waals surface area contributed by atoms with Crippen LogP contribution >= 0.6 is 0 Å². The number of ketones is 2. The van der Waals surface area contributed by atoms with Gasteiger partial charge in [-0.05, 0) is 54.7 Å². The van der Waals surface area contributed by atoms with Gasteiger partial charge in [-0.25, -0.2) is 4.39 Å². The Labute approximate surface area is 170 Å². The van der Waals surface area contributed by atoms with Crippen molar-refractivity contribution in [3.8, 4) is 0 Å². The Hall–Kier alpha value is -2.82. The summed E-state index contributed by atoms with van der Waals surface area (Å²) in [5.41, 5.74) is 4.54. The van der Waals surface area contributed by atoms with Crippen LogP contribution in [-0.2, 0) is 27.3 Å². The first-order valence-electron chi connectivity index (χ1n) is 9.97. The number of benzene rings is 2. The molecule has 1 saturated carbocycles. The summed E-state index contributed by atoms with van der Waals surface area (Å²) in [5, 5.41) is 2.72. The van der Waals surface area contributed by atoms with Crippen LogP contribution in [-0.4, -0.2) is 17.5 Å². The Kier molecular flexibility index (Phi) is 6.26. The molecular weight excluding hydrogens is 369 g/mol. The highest BCUT2D eigenvalue weighted by Gasteiger charge is 2.43. The van der Waals surface area contributed by atoms with Gasteiger partial charge in [0.1, 0.15) is 17.5 Å². The van der Waals surface area contributed by atoms with Gasteiger partial charge in [0.2, 0.25) is 5.91 Å². The van der Waals surface area contributed by atoms with Crippen LogP contribution in [0.15, 0.2) is 36.4 Å². The predicted molar refractivity (Wildman–Crippen MR) is 109 cm³/mol. The monoisotopic (exact) mass is 395 g/mol. The number of carbonyl (C=O) groups is 3. The van der Waals surface area contributed by atoms with E-state index >= 15 is 0 Å². The van der Waals surface area contributed by atoms with E-state index in [-0.39, 0.29) is 42.7 Å². The standard InChI is InChI=1S/C24H26FNO3/c1-4-17-9-14(2)8-15(3)22(17)23-20(27)11-18(24(23)29)12-21(28)26-13-16-6-5-7-19(25)10-16/h5-10,18,23H,4,11-13H2,1-3H3,(H,26,28). The van der Waals surface area contributed by atoms with Gasteiger partial charge in [0.25, 0.3) is 0 Å². The summed E-state index contributed by atoms with van der Waals surface area (Å²) in [6.45, 7) is 6.13. The summed E-state index contributed by atoms with van der Waals surface area (Å²) in [6.07, 6.45) is 0.809. The van der Waals surface area contributed by atoms with Crippen molar-refractivity contribution < 1.29 is 18.8 Å². The fourth-order valence-electron chi connectivity index (χ4n) is 4.25. The molecule has 0 aliphatic heterocycles. The van der Waals surface area contributed by atoms with E-state index in [1.807, 2.05) is 32.9 Å². The molecule has 4 nitrogen and oxygen atoms in total. The number of rotatable bonds is 6. The van der Waals surface area contributed by atoms with Crippen LogP contribution in [0.5, 0.6) is 0 Å². The number of amides is 1. The SMILES string of the molecule is CCc1cc(C)cc(C)c1C1C(=O)CC(CC(=O)NCc2cccc(F)c2)C1=O. The molecule has 1 fully saturated rings.